The molecule has 0 saturated carbocycles. The monoisotopic (exact) mass is 555 g/mol. The van der Waals surface area contributed by atoms with Crippen molar-refractivity contribution >= 4 is 46.2 Å². The number of carboxylic acid groups (broad SMARTS) is 1. The number of nitriles is 1. The SMILES string of the molecule is CC(c1ccc(Cl)cc1Cl)n1nc(C#N)c2ncc(N3CC[C@H](N4CCC[C@H]4CCC(=O)O)[C@H](C)C3)nc21. The van der Waals surface area contributed by atoms with E-state index in [9.17, 15) is 10.1 Å². The van der Waals surface area contributed by atoms with Crippen molar-refractivity contribution in [2.75, 3.05) is 24.5 Å². The smallest absolute Gasteiger partial charge is 0.303 e. The number of piperidine rings is 1. The zero-order chi connectivity index (χ0) is 27.0. The molecule has 0 radical (unpaired) electrons. The van der Waals surface area contributed by atoms with E-state index in [1.807, 2.05) is 13.0 Å². The Morgan fingerprint density at radius 1 is 1.29 bits per heavy atom. The zero-order valence-corrected chi connectivity index (χ0v) is 23.0. The van der Waals surface area contributed by atoms with Crippen molar-refractivity contribution in [2.45, 2.75) is 64.1 Å². The molecule has 1 aromatic carbocycles. The average molecular weight is 556 g/mol. The summed E-state index contributed by atoms with van der Waals surface area (Å²) in [4.78, 5) is 25.5. The van der Waals surface area contributed by atoms with E-state index in [0.717, 1.165) is 50.3 Å². The molecular weight excluding hydrogens is 525 g/mol. The minimum Gasteiger partial charge on any atom is -0.481 e. The second-order valence-corrected chi connectivity index (χ2v) is 11.2. The number of carbonyl (C=O) groups is 1. The Morgan fingerprint density at radius 2 is 2.11 bits per heavy atom. The van der Waals surface area contributed by atoms with E-state index in [0.29, 0.717) is 45.6 Å². The molecule has 11 heteroatoms. The molecule has 3 aromatic rings. The molecule has 38 heavy (non-hydrogen) atoms. The van der Waals surface area contributed by atoms with E-state index < -0.39 is 5.97 Å². The van der Waals surface area contributed by atoms with E-state index in [1.54, 1.807) is 23.0 Å². The zero-order valence-electron chi connectivity index (χ0n) is 21.5. The van der Waals surface area contributed by atoms with Gasteiger partial charge in [-0.3, -0.25) is 9.69 Å². The van der Waals surface area contributed by atoms with Crippen LogP contribution in [0.5, 0.6) is 0 Å². The number of hydrogen-bond donors (Lipinski definition) is 1. The summed E-state index contributed by atoms with van der Waals surface area (Å²) in [7, 11) is 0. The predicted octanol–water partition coefficient (Wildman–Crippen LogP) is 5.16. The van der Waals surface area contributed by atoms with Crippen LogP contribution in [0.2, 0.25) is 10.0 Å². The van der Waals surface area contributed by atoms with Crippen LogP contribution in [-0.2, 0) is 4.79 Å². The number of benzene rings is 1. The Kier molecular flexibility index (Phi) is 7.75. The fraction of sp³-hybridized carbons (Fsp3) is 0.519. The molecule has 5 rings (SSSR count). The molecule has 1 unspecified atom stereocenters. The summed E-state index contributed by atoms with van der Waals surface area (Å²) in [6, 6.07) is 7.97. The second-order valence-electron chi connectivity index (χ2n) is 10.4. The molecule has 2 saturated heterocycles. The van der Waals surface area contributed by atoms with Gasteiger partial charge in [-0.2, -0.15) is 10.4 Å². The fourth-order valence-electron chi connectivity index (χ4n) is 6.10. The lowest BCUT2D eigenvalue weighted by molar-refractivity contribution is -0.137. The summed E-state index contributed by atoms with van der Waals surface area (Å²) in [6.07, 6.45) is 5.84. The highest BCUT2D eigenvalue weighted by molar-refractivity contribution is 6.35. The number of aromatic nitrogens is 4. The van der Waals surface area contributed by atoms with Gasteiger partial charge in [0.05, 0.1) is 12.2 Å². The molecule has 0 aliphatic carbocycles. The van der Waals surface area contributed by atoms with Crippen LogP contribution in [0.3, 0.4) is 0 Å². The highest BCUT2D eigenvalue weighted by Gasteiger charge is 2.37. The van der Waals surface area contributed by atoms with Crippen molar-refractivity contribution in [1.29, 1.82) is 5.26 Å². The molecule has 2 fully saturated rings. The molecule has 0 amide bonds. The predicted molar refractivity (Wildman–Crippen MR) is 147 cm³/mol. The highest BCUT2D eigenvalue weighted by atomic mass is 35.5. The van der Waals surface area contributed by atoms with E-state index in [1.165, 1.54) is 0 Å². The van der Waals surface area contributed by atoms with Crippen molar-refractivity contribution in [3.05, 3.63) is 45.7 Å². The Morgan fingerprint density at radius 3 is 2.82 bits per heavy atom. The molecule has 1 N–H and O–H groups in total. The quantitative estimate of drug-likeness (QED) is 0.425. The molecule has 2 aromatic heterocycles. The van der Waals surface area contributed by atoms with Crippen LogP contribution in [-0.4, -0.2) is 67.4 Å². The molecule has 2 aliphatic heterocycles. The van der Waals surface area contributed by atoms with Crippen LogP contribution in [0.25, 0.3) is 11.2 Å². The van der Waals surface area contributed by atoms with Crippen molar-refractivity contribution in [1.82, 2.24) is 24.6 Å². The third-order valence-electron chi connectivity index (χ3n) is 8.00. The van der Waals surface area contributed by atoms with Crippen molar-refractivity contribution < 1.29 is 9.90 Å². The van der Waals surface area contributed by atoms with Crippen LogP contribution < -0.4 is 4.90 Å². The van der Waals surface area contributed by atoms with Gasteiger partial charge in [0.15, 0.2) is 11.3 Å². The lowest BCUT2D eigenvalue weighted by Crippen LogP contribution is -2.52. The van der Waals surface area contributed by atoms with Gasteiger partial charge in [0.2, 0.25) is 0 Å². The average Bonchev–Trinajstić information content (AvgIpc) is 3.51. The Labute approximate surface area is 232 Å². The number of halogens is 2. The van der Waals surface area contributed by atoms with Gasteiger partial charge in [-0.15, -0.1) is 0 Å². The number of fused-ring (bicyclic) bond motifs is 1. The third-order valence-corrected chi connectivity index (χ3v) is 8.56. The number of anilines is 1. The Hall–Kier alpha value is -2.93. The Bertz CT molecular complexity index is 1390. The van der Waals surface area contributed by atoms with Gasteiger partial charge >= 0.3 is 5.97 Å². The molecule has 4 heterocycles. The van der Waals surface area contributed by atoms with Gasteiger partial charge < -0.3 is 10.0 Å². The van der Waals surface area contributed by atoms with Gasteiger partial charge in [0, 0.05) is 41.6 Å². The molecule has 0 bridgehead atoms. The summed E-state index contributed by atoms with van der Waals surface area (Å²) in [6.45, 7) is 6.91. The Balaban J connectivity index is 1.38. The van der Waals surface area contributed by atoms with Crippen LogP contribution in [0.1, 0.15) is 63.3 Å². The highest BCUT2D eigenvalue weighted by Crippen LogP contribution is 2.34. The number of carboxylic acids is 1. The summed E-state index contributed by atoms with van der Waals surface area (Å²) < 4.78 is 1.72. The van der Waals surface area contributed by atoms with Crippen LogP contribution >= 0.6 is 23.2 Å². The summed E-state index contributed by atoms with van der Waals surface area (Å²) in [5, 5.41) is 24.4. The molecule has 4 atom stereocenters. The molecular formula is C27H31Cl2N7O2. The van der Waals surface area contributed by atoms with Gasteiger partial charge in [-0.25, -0.2) is 14.6 Å². The lowest BCUT2D eigenvalue weighted by atomic mass is 9.91. The number of likely N-dealkylation sites (tertiary alicyclic amines) is 1. The third kappa shape index (κ3) is 5.18. The molecule has 2 aliphatic rings. The van der Waals surface area contributed by atoms with Crippen LogP contribution in [0.4, 0.5) is 5.82 Å². The van der Waals surface area contributed by atoms with Crippen molar-refractivity contribution in [2.24, 2.45) is 5.92 Å². The van der Waals surface area contributed by atoms with E-state index in [-0.39, 0.29) is 18.2 Å². The first-order valence-electron chi connectivity index (χ1n) is 13.1. The van der Waals surface area contributed by atoms with Crippen molar-refractivity contribution in [3.8, 4) is 6.07 Å². The van der Waals surface area contributed by atoms with Gasteiger partial charge in [-0.1, -0.05) is 36.2 Å². The molecule has 200 valence electrons. The first-order valence-corrected chi connectivity index (χ1v) is 13.8. The number of hydrogen-bond acceptors (Lipinski definition) is 7. The fourth-order valence-corrected chi connectivity index (χ4v) is 6.66. The first-order chi connectivity index (χ1) is 18.3. The van der Waals surface area contributed by atoms with Crippen molar-refractivity contribution in [3.63, 3.8) is 0 Å². The normalized spacial score (nSPS) is 23.0. The minimum atomic E-state index is -0.722. The number of rotatable bonds is 7. The number of nitrogens with zero attached hydrogens (tertiary/aromatic N) is 7. The first kappa shape index (κ1) is 26.7. The van der Waals surface area contributed by atoms with E-state index in [2.05, 4.69) is 32.9 Å². The van der Waals surface area contributed by atoms with Gasteiger partial charge in [0.1, 0.15) is 17.4 Å². The van der Waals surface area contributed by atoms with Gasteiger partial charge in [0.25, 0.3) is 0 Å². The second kappa shape index (κ2) is 11.0. The minimum absolute atomic E-state index is 0.224. The van der Waals surface area contributed by atoms with Crippen LogP contribution in [0.15, 0.2) is 24.4 Å². The number of aliphatic carboxylic acids is 1. The maximum Gasteiger partial charge on any atom is 0.303 e. The maximum absolute atomic E-state index is 11.1. The summed E-state index contributed by atoms with van der Waals surface area (Å²) >= 11 is 12.6. The summed E-state index contributed by atoms with van der Waals surface area (Å²) in [5.74, 6) is 0.421. The molecule has 0 spiro atoms. The van der Waals surface area contributed by atoms with E-state index >= 15 is 0 Å². The summed E-state index contributed by atoms with van der Waals surface area (Å²) in [5.41, 5.74) is 2.06. The lowest BCUT2D eigenvalue weighted by Gasteiger charge is -2.43. The van der Waals surface area contributed by atoms with E-state index in [4.69, 9.17) is 33.3 Å². The van der Waals surface area contributed by atoms with Crippen LogP contribution in [0, 0.1) is 17.2 Å². The largest absolute Gasteiger partial charge is 0.481 e. The maximum atomic E-state index is 11.1. The van der Waals surface area contributed by atoms with Gasteiger partial charge in [-0.05, 0) is 62.8 Å². The molecule has 9 nitrogen and oxygen atoms in total. The topological polar surface area (TPSA) is 111 Å². The standard InChI is InChI=1S/C27H31Cl2N7O2/c1-16-15-34(11-9-23(16)35-10-3-4-19(35)6-8-25(37)38)24-14-31-26-22(13-30)33-36(27(26)32-24)17(2)20-7-5-18(28)12-21(20)29/h5,7,12,14,16-17,19,23H,3-4,6,8-11,15H2,1-2H3,(H,37,38)/t16-,17?,19+,23+/m1/s1.